The number of piperidine rings is 1. The van der Waals surface area contributed by atoms with E-state index < -0.39 is 11.5 Å². The van der Waals surface area contributed by atoms with Gasteiger partial charge in [-0.05, 0) is 36.7 Å². The van der Waals surface area contributed by atoms with Gasteiger partial charge in [0.25, 0.3) is 0 Å². The molecule has 0 radical (unpaired) electrons. The molecule has 3 N–H and O–H groups in total. The molecule has 1 aliphatic heterocycles. The Balaban J connectivity index is 1.93. The van der Waals surface area contributed by atoms with Gasteiger partial charge in [0, 0.05) is 11.6 Å². The summed E-state index contributed by atoms with van der Waals surface area (Å²) in [6.07, 6.45) is 1.57. The van der Waals surface area contributed by atoms with Crippen LogP contribution >= 0.6 is 0 Å². The number of phenolic OH excluding ortho intramolecular Hbond substituents is 1. The monoisotopic (exact) mass is 275 g/mol. The van der Waals surface area contributed by atoms with Crippen LogP contribution in [0.4, 0.5) is 0 Å². The summed E-state index contributed by atoms with van der Waals surface area (Å²) in [4.78, 5) is 11.8. The molecule has 4 atom stereocenters. The van der Waals surface area contributed by atoms with Gasteiger partial charge in [-0.15, -0.1) is 0 Å². The van der Waals surface area contributed by atoms with Gasteiger partial charge in [-0.25, -0.2) is 0 Å². The Morgan fingerprint density at radius 3 is 2.75 bits per heavy atom. The number of hydrogen-bond acceptors (Lipinski definition) is 3. The third-order valence-electron chi connectivity index (χ3n) is 4.70. The van der Waals surface area contributed by atoms with Crippen molar-refractivity contribution in [1.82, 2.24) is 5.32 Å². The molecule has 3 rings (SSSR count). The highest BCUT2D eigenvalue weighted by Crippen LogP contribution is 2.61. The highest BCUT2D eigenvalue weighted by molar-refractivity contribution is 5.81. The smallest absolute Gasteiger partial charge is 0.324 e. The Labute approximate surface area is 118 Å². The van der Waals surface area contributed by atoms with E-state index in [1.54, 1.807) is 12.1 Å². The van der Waals surface area contributed by atoms with Gasteiger partial charge in [-0.1, -0.05) is 32.0 Å². The molecule has 0 spiro atoms. The highest BCUT2D eigenvalue weighted by Gasteiger charge is 2.66. The quantitative estimate of drug-likeness (QED) is 0.790. The van der Waals surface area contributed by atoms with Gasteiger partial charge in [0.1, 0.15) is 11.3 Å². The lowest BCUT2D eigenvalue weighted by Crippen LogP contribution is -2.52. The lowest BCUT2D eigenvalue weighted by molar-refractivity contribution is -0.146. The van der Waals surface area contributed by atoms with E-state index in [0.717, 1.165) is 12.0 Å². The summed E-state index contributed by atoms with van der Waals surface area (Å²) in [5.74, 6) is 0.339. The van der Waals surface area contributed by atoms with Crippen LogP contribution in [-0.2, 0) is 4.79 Å². The van der Waals surface area contributed by atoms with E-state index >= 15 is 0 Å². The standard InChI is InChI=1S/C16H21NO3/c1-9(2)8-16(15(19)20)12-7-11(12)14(17-16)10-5-3-4-6-13(10)18/h3-6,9,11-12,14,17-18H,7-8H2,1-2H3,(H,19,20). The van der Waals surface area contributed by atoms with Crippen LogP contribution in [0.2, 0.25) is 0 Å². The fraction of sp³-hybridized carbons (Fsp3) is 0.562. The first-order chi connectivity index (χ1) is 9.45. The molecule has 0 bridgehead atoms. The Kier molecular flexibility index (Phi) is 3.01. The molecule has 2 fully saturated rings. The van der Waals surface area contributed by atoms with E-state index in [2.05, 4.69) is 19.2 Å². The number of carbonyl (C=O) groups is 1. The van der Waals surface area contributed by atoms with Crippen LogP contribution in [0.15, 0.2) is 24.3 Å². The number of rotatable bonds is 4. The third kappa shape index (κ3) is 1.90. The van der Waals surface area contributed by atoms with Gasteiger partial charge in [-0.3, -0.25) is 10.1 Å². The fourth-order valence-electron chi connectivity index (χ4n) is 3.86. The van der Waals surface area contributed by atoms with Crippen molar-refractivity contribution in [2.45, 2.75) is 38.3 Å². The fourth-order valence-corrected chi connectivity index (χ4v) is 3.86. The zero-order chi connectivity index (χ0) is 14.5. The number of aliphatic carboxylic acids is 1. The zero-order valence-electron chi connectivity index (χ0n) is 11.8. The third-order valence-corrected chi connectivity index (χ3v) is 4.70. The van der Waals surface area contributed by atoms with Crippen molar-refractivity contribution in [2.75, 3.05) is 0 Å². The first-order valence-electron chi connectivity index (χ1n) is 7.24. The summed E-state index contributed by atoms with van der Waals surface area (Å²) in [5, 5.41) is 23.1. The van der Waals surface area contributed by atoms with Crippen molar-refractivity contribution in [3.63, 3.8) is 0 Å². The number of carboxylic acids is 1. The first-order valence-corrected chi connectivity index (χ1v) is 7.24. The largest absolute Gasteiger partial charge is 0.508 e. The Bertz CT molecular complexity index is 542. The van der Waals surface area contributed by atoms with Crippen LogP contribution in [0.1, 0.15) is 38.3 Å². The summed E-state index contributed by atoms with van der Waals surface area (Å²) < 4.78 is 0. The van der Waals surface area contributed by atoms with Crippen LogP contribution in [0.5, 0.6) is 5.75 Å². The van der Waals surface area contributed by atoms with Gasteiger partial charge in [0.15, 0.2) is 0 Å². The number of fused-ring (bicyclic) bond motifs is 1. The summed E-state index contributed by atoms with van der Waals surface area (Å²) in [5.41, 5.74) is -0.00178. The molecular formula is C16H21NO3. The Morgan fingerprint density at radius 2 is 2.15 bits per heavy atom. The molecule has 0 amide bonds. The number of para-hydroxylation sites is 1. The summed E-state index contributed by atoms with van der Waals surface area (Å²) in [7, 11) is 0. The predicted octanol–water partition coefficient (Wildman–Crippen LogP) is 2.54. The van der Waals surface area contributed by atoms with E-state index in [9.17, 15) is 15.0 Å². The number of hydrogen-bond donors (Lipinski definition) is 3. The van der Waals surface area contributed by atoms with E-state index in [1.165, 1.54) is 0 Å². The second kappa shape index (κ2) is 4.48. The molecule has 1 aromatic carbocycles. The molecule has 20 heavy (non-hydrogen) atoms. The topological polar surface area (TPSA) is 69.6 Å². The van der Waals surface area contributed by atoms with Crippen molar-refractivity contribution in [1.29, 1.82) is 0 Å². The maximum atomic E-state index is 11.8. The lowest BCUT2D eigenvalue weighted by Gasteiger charge is -2.31. The average Bonchev–Trinajstić information content (AvgIpc) is 3.10. The van der Waals surface area contributed by atoms with E-state index in [0.29, 0.717) is 18.3 Å². The number of aromatic hydroxyl groups is 1. The minimum atomic E-state index is -0.828. The van der Waals surface area contributed by atoms with Gasteiger partial charge in [-0.2, -0.15) is 0 Å². The molecule has 1 heterocycles. The average molecular weight is 275 g/mol. The van der Waals surface area contributed by atoms with E-state index in [-0.39, 0.29) is 17.7 Å². The summed E-state index contributed by atoms with van der Waals surface area (Å²) in [6, 6.07) is 7.18. The molecule has 4 unspecified atom stereocenters. The maximum absolute atomic E-state index is 11.8. The zero-order valence-corrected chi connectivity index (χ0v) is 11.8. The van der Waals surface area contributed by atoms with Crippen molar-refractivity contribution >= 4 is 5.97 Å². The summed E-state index contributed by atoms with van der Waals surface area (Å²) >= 11 is 0. The Morgan fingerprint density at radius 1 is 1.45 bits per heavy atom. The second-order valence-corrected chi connectivity index (χ2v) is 6.56. The molecular weight excluding hydrogens is 254 g/mol. The van der Waals surface area contributed by atoms with Crippen LogP contribution in [-0.4, -0.2) is 21.7 Å². The normalized spacial score (nSPS) is 35.0. The number of phenols is 1. The lowest BCUT2D eigenvalue weighted by atomic mass is 9.85. The minimum absolute atomic E-state index is 0.0453. The van der Waals surface area contributed by atoms with Gasteiger partial charge in [0.05, 0.1) is 0 Å². The Hall–Kier alpha value is -1.55. The molecule has 1 aliphatic carbocycles. The second-order valence-electron chi connectivity index (χ2n) is 6.56. The van der Waals surface area contributed by atoms with Crippen molar-refractivity contribution in [2.24, 2.45) is 17.8 Å². The van der Waals surface area contributed by atoms with Gasteiger partial charge in [0.2, 0.25) is 0 Å². The molecule has 1 saturated heterocycles. The number of carboxylic acid groups (broad SMARTS) is 1. The maximum Gasteiger partial charge on any atom is 0.324 e. The molecule has 0 aromatic heterocycles. The number of benzene rings is 1. The van der Waals surface area contributed by atoms with Crippen molar-refractivity contribution in [3.8, 4) is 5.75 Å². The molecule has 2 aliphatic rings. The van der Waals surface area contributed by atoms with Crippen molar-refractivity contribution in [3.05, 3.63) is 29.8 Å². The van der Waals surface area contributed by atoms with Crippen molar-refractivity contribution < 1.29 is 15.0 Å². The van der Waals surface area contributed by atoms with Crippen LogP contribution in [0, 0.1) is 17.8 Å². The molecule has 4 nitrogen and oxygen atoms in total. The SMILES string of the molecule is CC(C)CC1(C(=O)O)NC(c2ccccc2O)C2CC21. The van der Waals surface area contributed by atoms with Crippen LogP contribution < -0.4 is 5.32 Å². The first kappa shape index (κ1) is 13.4. The van der Waals surface area contributed by atoms with Crippen LogP contribution in [0.25, 0.3) is 0 Å². The predicted molar refractivity (Wildman–Crippen MR) is 75.4 cm³/mol. The van der Waals surface area contributed by atoms with Gasteiger partial charge < -0.3 is 10.2 Å². The molecule has 1 saturated carbocycles. The van der Waals surface area contributed by atoms with Crippen LogP contribution in [0.3, 0.4) is 0 Å². The van der Waals surface area contributed by atoms with Gasteiger partial charge >= 0.3 is 5.97 Å². The van der Waals surface area contributed by atoms with E-state index in [1.807, 2.05) is 12.1 Å². The molecule has 108 valence electrons. The molecule has 1 aromatic rings. The summed E-state index contributed by atoms with van der Waals surface area (Å²) in [6.45, 7) is 4.11. The van der Waals surface area contributed by atoms with E-state index in [4.69, 9.17) is 0 Å². The highest BCUT2D eigenvalue weighted by atomic mass is 16.4. The number of nitrogens with one attached hydrogen (secondary N) is 1. The minimum Gasteiger partial charge on any atom is -0.508 e. The molecule has 4 heteroatoms.